The largest absolute Gasteiger partial charge is 0.338 e. The molecule has 0 atom stereocenters. The van der Waals surface area contributed by atoms with Crippen LogP contribution in [0.4, 0.5) is 4.79 Å². The van der Waals surface area contributed by atoms with Crippen molar-refractivity contribution < 1.29 is 4.79 Å². The zero-order valence-corrected chi connectivity index (χ0v) is 18.0. The van der Waals surface area contributed by atoms with E-state index in [1.54, 1.807) is 11.3 Å². The highest BCUT2D eigenvalue weighted by molar-refractivity contribution is 7.09. The second-order valence-electron chi connectivity index (χ2n) is 7.58. The summed E-state index contributed by atoms with van der Waals surface area (Å²) in [6.45, 7) is 4.87. The fraction of sp³-hybridized carbons (Fsp3) is 0.333. The van der Waals surface area contributed by atoms with Crippen molar-refractivity contribution in [2.75, 3.05) is 32.7 Å². The van der Waals surface area contributed by atoms with Gasteiger partial charge in [-0.2, -0.15) is 0 Å². The highest BCUT2D eigenvalue weighted by atomic mass is 32.1. The number of thiazole rings is 1. The number of hydrogen-bond donors (Lipinski definition) is 1. The molecule has 1 fully saturated rings. The van der Waals surface area contributed by atoms with Crippen molar-refractivity contribution in [3.05, 3.63) is 76.6 Å². The molecule has 156 valence electrons. The van der Waals surface area contributed by atoms with Crippen molar-refractivity contribution in [2.24, 2.45) is 0 Å². The number of benzene rings is 2. The Balaban J connectivity index is 1.17. The quantitative estimate of drug-likeness (QED) is 0.581. The van der Waals surface area contributed by atoms with Gasteiger partial charge in [-0.1, -0.05) is 60.7 Å². The molecular formula is C24H28N4OS. The van der Waals surface area contributed by atoms with Gasteiger partial charge in [0.2, 0.25) is 0 Å². The van der Waals surface area contributed by atoms with E-state index in [0.717, 1.165) is 68.4 Å². The Morgan fingerprint density at radius 3 is 2.40 bits per heavy atom. The smallest absolute Gasteiger partial charge is 0.317 e. The van der Waals surface area contributed by atoms with Gasteiger partial charge in [-0.05, 0) is 18.4 Å². The van der Waals surface area contributed by atoms with E-state index >= 15 is 0 Å². The summed E-state index contributed by atoms with van der Waals surface area (Å²) in [6, 6.07) is 20.8. The number of amides is 2. The van der Waals surface area contributed by atoms with Gasteiger partial charge < -0.3 is 10.2 Å². The number of aryl methyl sites for hydroxylation is 1. The zero-order chi connectivity index (χ0) is 20.6. The summed E-state index contributed by atoms with van der Waals surface area (Å²) in [5, 5.41) is 6.33. The van der Waals surface area contributed by atoms with Crippen molar-refractivity contribution in [3.8, 4) is 11.3 Å². The van der Waals surface area contributed by atoms with Crippen LogP contribution in [0.1, 0.15) is 17.0 Å². The molecule has 1 N–H and O–H groups in total. The lowest BCUT2D eigenvalue weighted by Crippen LogP contribution is -2.51. The van der Waals surface area contributed by atoms with Gasteiger partial charge in [0.05, 0.1) is 12.2 Å². The van der Waals surface area contributed by atoms with E-state index in [-0.39, 0.29) is 6.03 Å². The van der Waals surface area contributed by atoms with E-state index in [1.807, 2.05) is 29.2 Å². The van der Waals surface area contributed by atoms with Crippen molar-refractivity contribution in [1.29, 1.82) is 0 Å². The third-order valence-corrected chi connectivity index (χ3v) is 6.23. The molecule has 0 bridgehead atoms. The third-order valence-electron chi connectivity index (χ3n) is 5.40. The first-order valence-electron chi connectivity index (χ1n) is 10.6. The average molecular weight is 421 g/mol. The number of carbonyl (C=O) groups is 1. The van der Waals surface area contributed by atoms with E-state index in [0.29, 0.717) is 0 Å². The Morgan fingerprint density at radius 2 is 1.67 bits per heavy atom. The molecule has 1 saturated heterocycles. The third kappa shape index (κ3) is 5.68. The van der Waals surface area contributed by atoms with Crippen LogP contribution in [-0.4, -0.2) is 53.5 Å². The Kier molecular flexibility index (Phi) is 7.11. The first kappa shape index (κ1) is 20.6. The Morgan fingerprint density at radius 1 is 0.967 bits per heavy atom. The van der Waals surface area contributed by atoms with Crippen molar-refractivity contribution in [2.45, 2.75) is 19.4 Å². The van der Waals surface area contributed by atoms with Crippen LogP contribution < -0.4 is 5.32 Å². The summed E-state index contributed by atoms with van der Waals surface area (Å²) in [6.07, 6.45) is 1.96. The average Bonchev–Trinajstić information content (AvgIpc) is 3.27. The van der Waals surface area contributed by atoms with E-state index in [1.165, 1.54) is 5.56 Å². The van der Waals surface area contributed by atoms with Crippen LogP contribution in [0.25, 0.3) is 11.3 Å². The summed E-state index contributed by atoms with van der Waals surface area (Å²) in [7, 11) is 0. The molecule has 0 unspecified atom stereocenters. The fourth-order valence-corrected chi connectivity index (χ4v) is 4.51. The lowest BCUT2D eigenvalue weighted by molar-refractivity contribution is 0.135. The highest BCUT2D eigenvalue weighted by Crippen LogP contribution is 2.22. The zero-order valence-electron chi connectivity index (χ0n) is 17.2. The van der Waals surface area contributed by atoms with Crippen molar-refractivity contribution in [1.82, 2.24) is 20.1 Å². The Labute approximate surface area is 182 Å². The minimum atomic E-state index is 0.0586. The van der Waals surface area contributed by atoms with Gasteiger partial charge in [0.15, 0.2) is 0 Å². The number of rotatable bonds is 7. The number of nitrogens with one attached hydrogen (secondary N) is 1. The number of hydrogen-bond acceptors (Lipinski definition) is 4. The molecule has 6 heteroatoms. The van der Waals surface area contributed by atoms with Gasteiger partial charge >= 0.3 is 6.03 Å². The van der Waals surface area contributed by atoms with Gasteiger partial charge in [-0.3, -0.25) is 4.90 Å². The lowest BCUT2D eigenvalue weighted by atomic mass is 10.1. The van der Waals surface area contributed by atoms with Gasteiger partial charge in [-0.25, -0.2) is 9.78 Å². The topological polar surface area (TPSA) is 48.5 Å². The van der Waals surface area contributed by atoms with Crippen LogP contribution in [0.3, 0.4) is 0 Å². The molecule has 0 aliphatic carbocycles. The van der Waals surface area contributed by atoms with Gasteiger partial charge in [-0.15, -0.1) is 11.3 Å². The molecule has 0 spiro atoms. The predicted molar refractivity (Wildman–Crippen MR) is 123 cm³/mol. The summed E-state index contributed by atoms with van der Waals surface area (Å²) in [5.41, 5.74) is 3.52. The van der Waals surface area contributed by atoms with E-state index in [2.05, 4.69) is 52.0 Å². The maximum atomic E-state index is 12.4. The number of piperazine rings is 1. The highest BCUT2D eigenvalue weighted by Gasteiger charge is 2.21. The summed E-state index contributed by atoms with van der Waals surface area (Å²) in [4.78, 5) is 21.5. The number of nitrogens with zero attached hydrogens (tertiary/aromatic N) is 3. The van der Waals surface area contributed by atoms with Crippen LogP contribution in [0.2, 0.25) is 0 Å². The maximum Gasteiger partial charge on any atom is 0.317 e. The molecule has 1 aliphatic heterocycles. The Hall–Kier alpha value is -2.70. The molecule has 2 amide bonds. The summed E-state index contributed by atoms with van der Waals surface area (Å²) < 4.78 is 0. The molecule has 0 radical (unpaired) electrons. The van der Waals surface area contributed by atoms with E-state index in [4.69, 9.17) is 4.98 Å². The maximum absolute atomic E-state index is 12.4. The molecule has 1 aromatic heterocycles. The standard InChI is InChI=1S/C24H28N4OS/c29-24(25-13-7-10-20-8-3-1-4-9-20)28-16-14-27(15-17-28)18-23-26-22(19-30-23)21-11-5-2-6-12-21/h1-6,8-9,11-12,19H,7,10,13-18H2,(H,25,29). The molecule has 5 nitrogen and oxygen atoms in total. The van der Waals surface area contributed by atoms with Crippen molar-refractivity contribution >= 4 is 17.4 Å². The molecule has 3 aromatic rings. The molecule has 2 heterocycles. The molecule has 1 aliphatic rings. The van der Waals surface area contributed by atoms with Crippen LogP contribution in [-0.2, 0) is 13.0 Å². The minimum Gasteiger partial charge on any atom is -0.338 e. The van der Waals surface area contributed by atoms with E-state index < -0.39 is 0 Å². The van der Waals surface area contributed by atoms with Crippen LogP contribution >= 0.6 is 11.3 Å². The molecule has 0 saturated carbocycles. The van der Waals surface area contributed by atoms with Gasteiger partial charge in [0, 0.05) is 43.7 Å². The lowest BCUT2D eigenvalue weighted by Gasteiger charge is -2.34. The van der Waals surface area contributed by atoms with Crippen molar-refractivity contribution in [3.63, 3.8) is 0 Å². The predicted octanol–water partition coefficient (Wildman–Crippen LogP) is 4.27. The molecule has 2 aromatic carbocycles. The van der Waals surface area contributed by atoms with Crippen LogP contribution in [0, 0.1) is 0 Å². The fourth-order valence-electron chi connectivity index (χ4n) is 3.67. The summed E-state index contributed by atoms with van der Waals surface area (Å²) in [5.74, 6) is 0. The summed E-state index contributed by atoms with van der Waals surface area (Å²) >= 11 is 1.71. The monoisotopic (exact) mass is 420 g/mol. The minimum absolute atomic E-state index is 0.0586. The Bertz CT molecular complexity index is 921. The molecule has 30 heavy (non-hydrogen) atoms. The first-order valence-corrected chi connectivity index (χ1v) is 11.4. The van der Waals surface area contributed by atoms with Gasteiger partial charge in [0.1, 0.15) is 5.01 Å². The number of aromatic nitrogens is 1. The number of urea groups is 1. The van der Waals surface area contributed by atoms with Crippen LogP contribution in [0.15, 0.2) is 66.0 Å². The molecular weight excluding hydrogens is 392 g/mol. The van der Waals surface area contributed by atoms with Crippen LogP contribution in [0.5, 0.6) is 0 Å². The molecule has 4 rings (SSSR count). The normalized spacial score (nSPS) is 14.6. The second kappa shape index (κ2) is 10.4. The van der Waals surface area contributed by atoms with Gasteiger partial charge in [0.25, 0.3) is 0 Å². The SMILES string of the molecule is O=C(NCCCc1ccccc1)N1CCN(Cc2nc(-c3ccccc3)cs2)CC1. The van der Waals surface area contributed by atoms with E-state index in [9.17, 15) is 4.79 Å². The second-order valence-corrected chi connectivity index (χ2v) is 8.52. The number of carbonyl (C=O) groups excluding carboxylic acids is 1. The first-order chi connectivity index (χ1) is 14.8.